The lowest BCUT2D eigenvalue weighted by Crippen LogP contribution is -2.02. The highest BCUT2D eigenvalue weighted by molar-refractivity contribution is 6.35. The van der Waals surface area contributed by atoms with Crippen LogP contribution < -0.4 is 5.73 Å². The van der Waals surface area contributed by atoms with Gasteiger partial charge in [-0.2, -0.15) is 0 Å². The molecule has 5 nitrogen and oxygen atoms in total. The monoisotopic (exact) mass is 317 g/mol. The molecule has 0 radical (unpaired) electrons. The van der Waals surface area contributed by atoms with E-state index in [0.29, 0.717) is 27.0 Å². The molecule has 0 aliphatic rings. The van der Waals surface area contributed by atoms with E-state index in [0.717, 1.165) is 5.56 Å². The first-order valence-corrected chi connectivity index (χ1v) is 6.76. The number of halogens is 2. The van der Waals surface area contributed by atoms with Gasteiger partial charge < -0.3 is 5.73 Å². The van der Waals surface area contributed by atoms with E-state index in [1.165, 1.54) is 0 Å². The first-order chi connectivity index (χ1) is 10.1. The third kappa shape index (κ3) is 2.94. The molecule has 0 saturated heterocycles. The zero-order chi connectivity index (χ0) is 14.8. The van der Waals surface area contributed by atoms with Crippen molar-refractivity contribution in [2.24, 2.45) is 0 Å². The van der Waals surface area contributed by atoms with Gasteiger partial charge in [0, 0.05) is 33.6 Å². The van der Waals surface area contributed by atoms with Crippen LogP contribution in [0, 0.1) is 0 Å². The fourth-order valence-corrected chi connectivity index (χ4v) is 2.45. The van der Waals surface area contributed by atoms with Gasteiger partial charge in [0.05, 0.1) is 0 Å². The molecule has 7 heteroatoms. The molecule has 1 aromatic carbocycles. The van der Waals surface area contributed by atoms with E-state index in [-0.39, 0.29) is 5.95 Å². The number of anilines is 1. The maximum atomic E-state index is 6.04. The van der Waals surface area contributed by atoms with E-state index in [9.17, 15) is 0 Å². The van der Waals surface area contributed by atoms with Crippen LogP contribution in [0.5, 0.6) is 0 Å². The molecule has 21 heavy (non-hydrogen) atoms. The first-order valence-electron chi connectivity index (χ1n) is 6.00. The minimum absolute atomic E-state index is 0.0886. The second-order valence-corrected chi connectivity index (χ2v) is 5.14. The van der Waals surface area contributed by atoms with Crippen LogP contribution in [-0.2, 0) is 0 Å². The van der Waals surface area contributed by atoms with Gasteiger partial charge in [-0.05, 0) is 30.3 Å². The molecule has 0 saturated carbocycles. The van der Waals surface area contributed by atoms with Crippen molar-refractivity contribution < 1.29 is 0 Å². The average molecular weight is 318 g/mol. The van der Waals surface area contributed by atoms with Crippen molar-refractivity contribution in [2.75, 3.05) is 5.73 Å². The van der Waals surface area contributed by atoms with Gasteiger partial charge in [0.2, 0.25) is 5.95 Å². The van der Waals surface area contributed by atoms with Crippen molar-refractivity contribution in [2.45, 2.75) is 0 Å². The predicted molar refractivity (Wildman–Crippen MR) is 82.9 cm³/mol. The smallest absolute Gasteiger partial charge is 0.240 e. The van der Waals surface area contributed by atoms with Crippen molar-refractivity contribution in [3.05, 3.63) is 52.8 Å². The van der Waals surface area contributed by atoms with Crippen molar-refractivity contribution in [3.8, 4) is 22.5 Å². The molecule has 0 fully saturated rings. The van der Waals surface area contributed by atoms with Crippen molar-refractivity contribution in [1.82, 2.24) is 20.2 Å². The van der Waals surface area contributed by atoms with Gasteiger partial charge in [-0.25, -0.2) is 4.98 Å². The van der Waals surface area contributed by atoms with Gasteiger partial charge in [0.1, 0.15) is 11.4 Å². The van der Waals surface area contributed by atoms with Crippen molar-refractivity contribution in [3.63, 3.8) is 0 Å². The molecule has 3 rings (SSSR count). The number of rotatable bonds is 2. The summed E-state index contributed by atoms with van der Waals surface area (Å²) in [4.78, 5) is 8.34. The lowest BCUT2D eigenvalue weighted by atomic mass is 10.1. The third-order valence-electron chi connectivity index (χ3n) is 2.77. The normalized spacial score (nSPS) is 10.6. The summed E-state index contributed by atoms with van der Waals surface area (Å²) in [5, 5.41) is 8.95. The van der Waals surface area contributed by atoms with Gasteiger partial charge in [0.15, 0.2) is 0 Å². The van der Waals surface area contributed by atoms with Crippen LogP contribution in [-0.4, -0.2) is 20.2 Å². The van der Waals surface area contributed by atoms with E-state index in [2.05, 4.69) is 20.2 Å². The number of pyridine rings is 1. The first kappa shape index (κ1) is 13.7. The zero-order valence-corrected chi connectivity index (χ0v) is 12.2. The summed E-state index contributed by atoms with van der Waals surface area (Å²) in [5.41, 5.74) is 8.26. The number of nitrogens with two attached hydrogens (primary N) is 1. The number of nitrogens with zero attached hydrogens (tertiary/aromatic N) is 4. The quantitative estimate of drug-likeness (QED) is 0.782. The summed E-state index contributed by atoms with van der Waals surface area (Å²) in [5.74, 6) is 0.0886. The Hall–Kier alpha value is -2.24. The highest BCUT2D eigenvalue weighted by Gasteiger charge is 2.14. The van der Waals surface area contributed by atoms with E-state index < -0.39 is 0 Å². The predicted octanol–water partition coefficient (Wildman–Crippen LogP) is 3.49. The Morgan fingerprint density at radius 1 is 0.905 bits per heavy atom. The van der Waals surface area contributed by atoms with Crippen LogP contribution in [0.25, 0.3) is 22.5 Å². The largest absolute Gasteiger partial charge is 0.366 e. The lowest BCUT2D eigenvalue weighted by molar-refractivity contribution is 0.996. The maximum absolute atomic E-state index is 6.04. The number of benzene rings is 1. The van der Waals surface area contributed by atoms with E-state index in [1.54, 1.807) is 30.6 Å². The Morgan fingerprint density at radius 2 is 1.67 bits per heavy atom. The Bertz CT molecular complexity index is 772. The minimum Gasteiger partial charge on any atom is -0.366 e. The standard InChI is InChI=1S/C14H9Cl2N5/c15-10-4-9(5-11(16)6-10)13-12(19-14(17)21-20-13)8-2-1-3-18-7-8/h1-7H,(H2,17,19,21). The number of hydrogen-bond acceptors (Lipinski definition) is 5. The van der Waals surface area contributed by atoms with Crippen LogP contribution in [0.4, 0.5) is 5.95 Å². The Balaban J connectivity index is 2.23. The summed E-state index contributed by atoms with van der Waals surface area (Å²) >= 11 is 12.1. The molecule has 0 bridgehead atoms. The van der Waals surface area contributed by atoms with Crippen molar-refractivity contribution in [1.29, 1.82) is 0 Å². The third-order valence-corrected chi connectivity index (χ3v) is 3.21. The van der Waals surface area contributed by atoms with Gasteiger partial charge in [-0.1, -0.05) is 23.2 Å². The Kier molecular flexibility index (Phi) is 3.68. The fraction of sp³-hybridized carbons (Fsp3) is 0. The van der Waals surface area contributed by atoms with Crippen LogP contribution in [0.2, 0.25) is 10.0 Å². The van der Waals surface area contributed by atoms with Gasteiger partial charge >= 0.3 is 0 Å². The Morgan fingerprint density at radius 3 is 2.33 bits per heavy atom. The molecular formula is C14H9Cl2N5. The molecule has 3 aromatic rings. The fourth-order valence-electron chi connectivity index (χ4n) is 1.93. The molecule has 0 atom stereocenters. The summed E-state index contributed by atoms with van der Waals surface area (Å²) in [6.45, 7) is 0. The van der Waals surface area contributed by atoms with Gasteiger partial charge in [-0.3, -0.25) is 4.98 Å². The van der Waals surface area contributed by atoms with Crippen LogP contribution >= 0.6 is 23.2 Å². The molecule has 2 heterocycles. The summed E-state index contributed by atoms with van der Waals surface area (Å²) < 4.78 is 0. The molecular weight excluding hydrogens is 309 g/mol. The summed E-state index contributed by atoms with van der Waals surface area (Å²) in [6, 6.07) is 8.81. The number of aromatic nitrogens is 4. The molecule has 0 spiro atoms. The molecule has 0 amide bonds. The highest BCUT2D eigenvalue weighted by Crippen LogP contribution is 2.31. The topological polar surface area (TPSA) is 77.6 Å². The van der Waals surface area contributed by atoms with Gasteiger partial charge in [-0.15, -0.1) is 10.2 Å². The molecule has 104 valence electrons. The second-order valence-electron chi connectivity index (χ2n) is 4.27. The van der Waals surface area contributed by atoms with E-state index in [1.807, 2.05) is 12.1 Å². The molecule has 0 aliphatic carbocycles. The Labute approximate surface area is 130 Å². The molecule has 0 unspecified atom stereocenters. The molecule has 2 N–H and O–H groups in total. The summed E-state index contributed by atoms with van der Waals surface area (Å²) in [6.07, 6.45) is 3.36. The van der Waals surface area contributed by atoms with Gasteiger partial charge in [0.25, 0.3) is 0 Å². The van der Waals surface area contributed by atoms with Crippen LogP contribution in [0.1, 0.15) is 0 Å². The highest BCUT2D eigenvalue weighted by atomic mass is 35.5. The number of hydrogen-bond donors (Lipinski definition) is 1. The second kappa shape index (κ2) is 5.63. The lowest BCUT2D eigenvalue weighted by Gasteiger charge is -2.08. The van der Waals surface area contributed by atoms with Crippen molar-refractivity contribution >= 4 is 29.2 Å². The SMILES string of the molecule is Nc1nnc(-c2cc(Cl)cc(Cl)c2)c(-c2cccnc2)n1. The molecule has 0 aliphatic heterocycles. The van der Waals surface area contributed by atoms with Crippen LogP contribution in [0.3, 0.4) is 0 Å². The van der Waals surface area contributed by atoms with E-state index in [4.69, 9.17) is 28.9 Å². The summed E-state index contributed by atoms with van der Waals surface area (Å²) in [7, 11) is 0. The minimum atomic E-state index is 0.0886. The van der Waals surface area contributed by atoms with E-state index >= 15 is 0 Å². The number of nitrogen functional groups attached to an aromatic ring is 1. The zero-order valence-electron chi connectivity index (χ0n) is 10.7. The van der Waals surface area contributed by atoms with Crippen LogP contribution in [0.15, 0.2) is 42.7 Å². The molecule has 2 aromatic heterocycles. The maximum Gasteiger partial charge on any atom is 0.240 e. The average Bonchev–Trinajstić information content (AvgIpc) is 2.47.